The smallest absolute Gasteiger partial charge is 0.240 e. The maximum Gasteiger partial charge on any atom is 0.240 e. The number of rotatable bonds is 7. The fraction of sp³-hybridized carbons (Fsp3) is 0.167. The first-order chi connectivity index (χ1) is 13.5. The van der Waals surface area contributed by atoms with Crippen LogP contribution in [-0.2, 0) is 16.0 Å². The van der Waals surface area contributed by atoms with E-state index in [0.29, 0.717) is 6.42 Å². The lowest BCUT2D eigenvalue weighted by Gasteiger charge is -2.22. The highest BCUT2D eigenvalue weighted by molar-refractivity contribution is 5.92. The third-order valence-electron chi connectivity index (χ3n) is 4.71. The molecule has 0 unspecified atom stereocenters. The molecule has 4 heteroatoms. The van der Waals surface area contributed by atoms with Crippen LogP contribution in [0.2, 0.25) is 0 Å². The largest absolute Gasteiger partial charge is 0.368 e. The molecule has 0 saturated heterocycles. The Hall–Kier alpha value is -3.40. The van der Waals surface area contributed by atoms with Crippen LogP contribution in [0.4, 0.5) is 0 Å². The Kier molecular flexibility index (Phi) is 6.22. The summed E-state index contributed by atoms with van der Waals surface area (Å²) in [7, 11) is 0. The molecule has 2 amide bonds. The number of nitrogens with two attached hydrogens (primary N) is 1. The Balaban J connectivity index is 1.86. The van der Waals surface area contributed by atoms with E-state index in [2.05, 4.69) is 5.32 Å². The van der Waals surface area contributed by atoms with E-state index in [1.54, 1.807) is 0 Å². The van der Waals surface area contributed by atoms with Crippen LogP contribution in [0.15, 0.2) is 84.9 Å². The number of carbonyl (C=O) groups excluding carboxylic acids is 2. The van der Waals surface area contributed by atoms with E-state index in [4.69, 9.17) is 5.73 Å². The van der Waals surface area contributed by atoms with Crippen molar-refractivity contribution in [3.63, 3.8) is 0 Å². The van der Waals surface area contributed by atoms with Gasteiger partial charge in [0.1, 0.15) is 6.04 Å². The van der Waals surface area contributed by atoms with Gasteiger partial charge in [-0.15, -0.1) is 0 Å². The first kappa shape index (κ1) is 19.4. The zero-order valence-electron chi connectivity index (χ0n) is 15.8. The van der Waals surface area contributed by atoms with Gasteiger partial charge in [-0.2, -0.15) is 0 Å². The van der Waals surface area contributed by atoms with Crippen molar-refractivity contribution in [2.45, 2.75) is 25.3 Å². The lowest BCUT2D eigenvalue weighted by Crippen LogP contribution is -2.47. The van der Waals surface area contributed by atoms with E-state index in [1.165, 1.54) is 0 Å². The summed E-state index contributed by atoms with van der Waals surface area (Å²) in [4.78, 5) is 25.2. The van der Waals surface area contributed by atoms with Crippen LogP contribution >= 0.6 is 0 Å². The summed E-state index contributed by atoms with van der Waals surface area (Å²) < 4.78 is 0. The molecule has 1 atom stereocenters. The van der Waals surface area contributed by atoms with E-state index >= 15 is 0 Å². The van der Waals surface area contributed by atoms with Crippen LogP contribution in [0.25, 0.3) is 0 Å². The van der Waals surface area contributed by atoms with E-state index in [0.717, 1.165) is 22.3 Å². The van der Waals surface area contributed by atoms with E-state index < -0.39 is 17.9 Å². The maximum absolute atomic E-state index is 13.2. The van der Waals surface area contributed by atoms with Crippen molar-refractivity contribution >= 4 is 11.8 Å². The van der Waals surface area contributed by atoms with Gasteiger partial charge in [0.25, 0.3) is 0 Å². The number of hydrogen-bond acceptors (Lipinski definition) is 2. The molecule has 3 aromatic carbocycles. The minimum Gasteiger partial charge on any atom is -0.368 e. The quantitative estimate of drug-likeness (QED) is 0.668. The minimum absolute atomic E-state index is 0.242. The Morgan fingerprint density at radius 3 is 1.93 bits per heavy atom. The number of carbonyl (C=O) groups is 2. The summed E-state index contributed by atoms with van der Waals surface area (Å²) in [6.45, 7) is 1.99. The van der Waals surface area contributed by atoms with Gasteiger partial charge in [0.2, 0.25) is 11.8 Å². The third-order valence-corrected chi connectivity index (χ3v) is 4.71. The normalized spacial score (nSPS) is 11.8. The monoisotopic (exact) mass is 372 g/mol. The molecule has 0 bridgehead atoms. The van der Waals surface area contributed by atoms with Gasteiger partial charge in [-0.25, -0.2) is 0 Å². The number of nitrogens with one attached hydrogen (secondary N) is 1. The molecule has 3 rings (SSSR count). The second-order valence-corrected chi connectivity index (χ2v) is 6.91. The maximum atomic E-state index is 13.2. The highest BCUT2D eigenvalue weighted by Gasteiger charge is 2.27. The molecule has 0 radical (unpaired) electrons. The van der Waals surface area contributed by atoms with Crippen molar-refractivity contribution < 1.29 is 9.59 Å². The van der Waals surface area contributed by atoms with Crippen molar-refractivity contribution in [1.29, 1.82) is 0 Å². The Labute approximate surface area is 165 Å². The molecule has 3 N–H and O–H groups in total. The average molecular weight is 372 g/mol. The van der Waals surface area contributed by atoms with E-state index in [9.17, 15) is 9.59 Å². The Morgan fingerprint density at radius 1 is 0.857 bits per heavy atom. The SMILES string of the molecule is Cc1cccc(C[C@@H](NC(=O)C(c2ccccc2)c2ccccc2)C(N)=O)c1. The summed E-state index contributed by atoms with van der Waals surface area (Å²) in [5.41, 5.74) is 9.38. The van der Waals surface area contributed by atoms with Gasteiger partial charge < -0.3 is 11.1 Å². The second kappa shape index (κ2) is 9.00. The summed E-state index contributed by atoms with van der Waals surface area (Å²) in [5, 5.41) is 2.87. The van der Waals surface area contributed by atoms with Gasteiger partial charge in [-0.3, -0.25) is 9.59 Å². The highest BCUT2D eigenvalue weighted by Crippen LogP contribution is 2.25. The summed E-state index contributed by atoms with van der Waals surface area (Å²) in [6.07, 6.45) is 0.360. The van der Waals surface area contributed by atoms with Crippen LogP contribution in [0.1, 0.15) is 28.2 Å². The lowest BCUT2D eigenvalue weighted by molar-refractivity contribution is -0.127. The van der Waals surface area contributed by atoms with Gasteiger partial charge in [-0.1, -0.05) is 90.5 Å². The summed E-state index contributed by atoms with van der Waals surface area (Å²) in [5.74, 6) is -1.30. The van der Waals surface area contributed by atoms with Gasteiger partial charge in [0.05, 0.1) is 5.92 Å². The molecular weight excluding hydrogens is 348 g/mol. The molecule has 0 saturated carbocycles. The van der Waals surface area contributed by atoms with Crippen LogP contribution in [-0.4, -0.2) is 17.9 Å². The molecular formula is C24H24N2O2. The standard InChI is InChI=1S/C24H24N2O2/c1-17-9-8-10-18(15-17)16-21(23(25)27)26-24(28)22(19-11-4-2-5-12-19)20-13-6-3-7-14-20/h2-15,21-22H,16H2,1H3,(H2,25,27)(H,26,28)/t21-/m1/s1. The lowest BCUT2D eigenvalue weighted by atomic mass is 9.90. The number of amides is 2. The molecule has 0 aliphatic rings. The van der Waals surface area contributed by atoms with E-state index in [-0.39, 0.29) is 5.91 Å². The van der Waals surface area contributed by atoms with Crippen molar-refractivity contribution in [3.8, 4) is 0 Å². The predicted molar refractivity (Wildman–Crippen MR) is 111 cm³/mol. The van der Waals surface area contributed by atoms with Crippen molar-refractivity contribution in [2.24, 2.45) is 5.73 Å². The summed E-state index contributed by atoms with van der Waals surface area (Å²) >= 11 is 0. The van der Waals surface area contributed by atoms with Crippen LogP contribution in [0.3, 0.4) is 0 Å². The van der Waals surface area contributed by atoms with Crippen molar-refractivity contribution in [1.82, 2.24) is 5.32 Å². The summed E-state index contributed by atoms with van der Waals surface area (Å²) in [6, 6.07) is 26.1. The third kappa shape index (κ3) is 4.86. The molecule has 0 aliphatic heterocycles. The Bertz CT molecular complexity index is 900. The first-order valence-corrected chi connectivity index (χ1v) is 9.29. The number of hydrogen-bond donors (Lipinski definition) is 2. The predicted octanol–water partition coefficient (Wildman–Crippen LogP) is 3.34. The first-order valence-electron chi connectivity index (χ1n) is 9.29. The fourth-order valence-corrected chi connectivity index (χ4v) is 3.34. The molecule has 28 heavy (non-hydrogen) atoms. The van der Waals surface area contributed by atoms with Crippen LogP contribution in [0, 0.1) is 6.92 Å². The average Bonchev–Trinajstić information content (AvgIpc) is 2.69. The molecule has 0 aromatic heterocycles. The fourth-order valence-electron chi connectivity index (χ4n) is 3.34. The zero-order chi connectivity index (χ0) is 19.9. The molecule has 0 fully saturated rings. The van der Waals surface area contributed by atoms with Gasteiger partial charge in [0, 0.05) is 6.42 Å². The molecule has 0 heterocycles. The number of primary amides is 1. The van der Waals surface area contributed by atoms with Crippen LogP contribution < -0.4 is 11.1 Å². The number of benzene rings is 3. The van der Waals surface area contributed by atoms with Gasteiger partial charge in [-0.05, 0) is 23.6 Å². The highest BCUT2D eigenvalue weighted by atomic mass is 16.2. The van der Waals surface area contributed by atoms with Crippen molar-refractivity contribution in [2.75, 3.05) is 0 Å². The van der Waals surface area contributed by atoms with Gasteiger partial charge >= 0.3 is 0 Å². The van der Waals surface area contributed by atoms with Crippen LogP contribution in [0.5, 0.6) is 0 Å². The molecule has 4 nitrogen and oxygen atoms in total. The molecule has 0 aliphatic carbocycles. The van der Waals surface area contributed by atoms with Crippen molar-refractivity contribution in [3.05, 3.63) is 107 Å². The second-order valence-electron chi connectivity index (χ2n) is 6.91. The minimum atomic E-state index is -0.774. The van der Waals surface area contributed by atoms with E-state index in [1.807, 2.05) is 91.9 Å². The molecule has 3 aromatic rings. The van der Waals surface area contributed by atoms with Gasteiger partial charge in [0.15, 0.2) is 0 Å². The topological polar surface area (TPSA) is 72.2 Å². The zero-order valence-corrected chi connectivity index (χ0v) is 15.8. The Morgan fingerprint density at radius 2 is 1.43 bits per heavy atom. The number of aryl methyl sites for hydroxylation is 1. The molecule has 0 spiro atoms. The molecule has 142 valence electrons.